The molecule has 2 aromatic heterocycles. The number of pyridine rings is 1. The number of esters is 1. The number of amides is 3. The number of allylic oxidation sites excluding steroid dienone is 1. The van der Waals surface area contributed by atoms with Crippen molar-refractivity contribution < 1.29 is 19.1 Å². The van der Waals surface area contributed by atoms with Gasteiger partial charge in [0.1, 0.15) is 0 Å². The minimum absolute atomic E-state index is 0.384. The molecule has 3 aromatic rings. The zero-order chi connectivity index (χ0) is 21.8. The molecule has 8 heteroatoms. The van der Waals surface area contributed by atoms with Crippen molar-refractivity contribution in [3.05, 3.63) is 63.5 Å². The van der Waals surface area contributed by atoms with E-state index in [1.165, 1.54) is 0 Å². The van der Waals surface area contributed by atoms with Gasteiger partial charge >= 0.3 is 12.0 Å². The minimum Gasteiger partial charge on any atom is -0.452 e. The van der Waals surface area contributed by atoms with Gasteiger partial charge in [-0.3, -0.25) is 10.1 Å². The van der Waals surface area contributed by atoms with E-state index in [1.54, 1.807) is 18.3 Å². The lowest BCUT2D eigenvalue weighted by atomic mass is 10.0. The third-order valence-corrected chi connectivity index (χ3v) is 5.75. The molecule has 0 saturated heterocycles. The first-order valence-corrected chi connectivity index (χ1v) is 10.9. The van der Waals surface area contributed by atoms with Crippen LogP contribution in [0.3, 0.4) is 0 Å². The molecule has 2 N–H and O–H groups in total. The van der Waals surface area contributed by atoms with Crippen LogP contribution in [0.5, 0.6) is 0 Å². The van der Waals surface area contributed by atoms with Crippen LogP contribution in [0.15, 0.2) is 41.8 Å². The predicted molar refractivity (Wildman–Crippen MR) is 120 cm³/mol. The van der Waals surface area contributed by atoms with E-state index in [0.29, 0.717) is 29.4 Å². The molecule has 0 saturated carbocycles. The van der Waals surface area contributed by atoms with Crippen LogP contribution in [0, 0.1) is 0 Å². The Kier molecular flexibility index (Phi) is 6.08. The zero-order valence-electron chi connectivity index (χ0n) is 16.9. The van der Waals surface area contributed by atoms with Crippen molar-refractivity contribution in [3.8, 4) is 0 Å². The van der Waals surface area contributed by atoms with E-state index in [0.717, 1.165) is 28.1 Å². The van der Waals surface area contributed by atoms with Crippen LogP contribution < -0.4 is 10.6 Å². The Labute approximate surface area is 183 Å². The van der Waals surface area contributed by atoms with E-state index in [1.807, 2.05) is 41.8 Å². The Hall–Kier alpha value is -3.52. The van der Waals surface area contributed by atoms with Crippen molar-refractivity contribution in [1.29, 1.82) is 0 Å². The van der Waals surface area contributed by atoms with Crippen LogP contribution in [0.25, 0.3) is 22.6 Å². The number of thiophene rings is 1. The number of fused-ring (bicyclic) bond motifs is 2. The smallest absolute Gasteiger partial charge is 0.339 e. The molecular formula is C23H21N3O4S. The Bertz CT molecular complexity index is 1190. The molecule has 0 aliphatic heterocycles. The number of benzene rings is 1. The second-order valence-corrected chi connectivity index (χ2v) is 7.98. The number of nitrogens with one attached hydrogen (secondary N) is 2. The molecule has 31 heavy (non-hydrogen) atoms. The number of hydrogen-bond acceptors (Lipinski definition) is 6. The third-order valence-electron chi connectivity index (χ3n) is 4.93. The fourth-order valence-corrected chi connectivity index (χ4v) is 4.31. The van der Waals surface area contributed by atoms with E-state index in [4.69, 9.17) is 9.72 Å². The molecule has 3 amide bonds. The van der Waals surface area contributed by atoms with Crippen LogP contribution >= 0.6 is 11.3 Å². The summed E-state index contributed by atoms with van der Waals surface area (Å²) in [7, 11) is 0. The fraction of sp³-hybridized carbons (Fsp3) is 0.217. The monoisotopic (exact) mass is 435 g/mol. The number of carbonyl (C=O) groups is 3. The van der Waals surface area contributed by atoms with E-state index in [9.17, 15) is 14.4 Å². The minimum atomic E-state index is -0.687. The number of urea groups is 1. The van der Waals surface area contributed by atoms with Gasteiger partial charge in [0.15, 0.2) is 6.61 Å². The summed E-state index contributed by atoms with van der Waals surface area (Å²) in [5.41, 5.74) is 3.83. The topological polar surface area (TPSA) is 97.4 Å². The van der Waals surface area contributed by atoms with Gasteiger partial charge in [-0.05, 0) is 54.5 Å². The highest BCUT2D eigenvalue weighted by Crippen LogP contribution is 2.38. The standard InChI is InChI=1S/C23H21N3O4S/c1-2-24-23(29)26-19(27)13-30-22(28)20-16-7-3-4-8-18(16)25-21-14(9-10-17(20)21)12-15-6-5-11-31-15/h3-8,11-12H,2,9-10,13H2,1H3,(H2,24,26,27,29)/b14-12+. The van der Waals surface area contributed by atoms with Crippen molar-refractivity contribution in [2.45, 2.75) is 19.8 Å². The molecule has 7 nitrogen and oxygen atoms in total. The number of ether oxygens (including phenoxy) is 1. The van der Waals surface area contributed by atoms with Crippen LogP contribution in [-0.2, 0) is 16.0 Å². The molecule has 158 valence electrons. The van der Waals surface area contributed by atoms with Gasteiger partial charge in [0.25, 0.3) is 5.91 Å². The molecule has 0 radical (unpaired) electrons. The van der Waals surface area contributed by atoms with Gasteiger partial charge in [0.2, 0.25) is 0 Å². The van der Waals surface area contributed by atoms with Gasteiger partial charge in [0.05, 0.1) is 16.8 Å². The molecule has 1 aromatic carbocycles. The first kappa shape index (κ1) is 20.7. The molecule has 2 heterocycles. The number of carbonyl (C=O) groups excluding carboxylic acids is 3. The van der Waals surface area contributed by atoms with Crippen molar-refractivity contribution in [1.82, 2.24) is 15.6 Å². The Morgan fingerprint density at radius 2 is 2.00 bits per heavy atom. The summed E-state index contributed by atoms with van der Waals surface area (Å²) in [6, 6.07) is 10.8. The molecule has 4 rings (SSSR count). The molecule has 1 aliphatic rings. The van der Waals surface area contributed by atoms with E-state index in [2.05, 4.69) is 16.7 Å². The van der Waals surface area contributed by atoms with Crippen molar-refractivity contribution in [2.75, 3.05) is 13.2 Å². The van der Waals surface area contributed by atoms with Gasteiger partial charge < -0.3 is 10.1 Å². The second kappa shape index (κ2) is 9.09. The maximum Gasteiger partial charge on any atom is 0.339 e. The number of para-hydroxylation sites is 1. The first-order valence-electron chi connectivity index (χ1n) is 9.97. The number of nitrogens with zero attached hydrogens (tertiary/aromatic N) is 1. The van der Waals surface area contributed by atoms with Crippen LogP contribution in [0.1, 0.15) is 39.8 Å². The van der Waals surface area contributed by atoms with Gasteiger partial charge in [-0.15, -0.1) is 11.3 Å². The number of imide groups is 1. The average Bonchev–Trinajstić information content (AvgIpc) is 3.41. The normalized spacial score (nSPS) is 13.8. The maximum absolute atomic E-state index is 13.0. The summed E-state index contributed by atoms with van der Waals surface area (Å²) in [5, 5.41) is 7.28. The SMILES string of the molecule is CCNC(=O)NC(=O)COC(=O)c1c2c(nc3ccccc13)/C(=C/c1cccs1)CC2. The zero-order valence-corrected chi connectivity index (χ0v) is 17.8. The highest BCUT2D eigenvalue weighted by molar-refractivity contribution is 7.10. The highest BCUT2D eigenvalue weighted by Gasteiger charge is 2.28. The van der Waals surface area contributed by atoms with E-state index < -0.39 is 24.5 Å². The Balaban J connectivity index is 1.64. The lowest BCUT2D eigenvalue weighted by Crippen LogP contribution is -2.41. The lowest BCUT2D eigenvalue weighted by Gasteiger charge is -2.12. The largest absolute Gasteiger partial charge is 0.452 e. The lowest BCUT2D eigenvalue weighted by molar-refractivity contribution is -0.123. The number of rotatable bonds is 5. The number of hydrogen-bond donors (Lipinski definition) is 2. The average molecular weight is 436 g/mol. The van der Waals surface area contributed by atoms with E-state index in [-0.39, 0.29) is 0 Å². The summed E-state index contributed by atoms with van der Waals surface area (Å²) < 4.78 is 5.27. The van der Waals surface area contributed by atoms with Crippen molar-refractivity contribution >= 4 is 51.8 Å². The summed E-state index contributed by atoms with van der Waals surface area (Å²) >= 11 is 1.65. The highest BCUT2D eigenvalue weighted by atomic mass is 32.1. The van der Waals surface area contributed by atoms with E-state index >= 15 is 0 Å². The summed E-state index contributed by atoms with van der Waals surface area (Å²) in [4.78, 5) is 42.3. The molecule has 0 bridgehead atoms. The second-order valence-electron chi connectivity index (χ2n) is 7.00. The van der Waals surface area contributed by atoms with Crippen LogP contribution in [0.4, 0.5) is 4.79 Å². The molecule has 0 atom stereocenters. The van der Waals surface area contributed by atoms with Crippen LogP contribution in [-0.4, -0.2) is 36.0 Å². The molecule has 0 unspecified atom stereocenters. The van der Waals surface area contributed by atoms with Crippen molar-refractivity contribution in [3.63, 3.8) is 0 Å². The van der Waals surface area contributed by atoms with Gasteiger partial charge in [-0.1, -0.05) is 24.3 Å². The molecule has 1 aliphatic carbocycles. The molecule has 0 fully saturated rings. The quantitative estimate of drug-likeness (QED) is 0.595. The molecular weight excluding hydrogens is 414 g/mol. The Morgan fingerprint density at radius 3 is 2.77 bits per heavy atom. The van der Waals surface area contributed by atoms with Crippen LogP contribution in [0.2, 0.25) is 0 Å². The summed E-state index contributed by atoms with van der Waals surface area (Å²) in [6.07, 6.45) is 3.54. The predicted octanol–water partition coefficient (Wildman–Crippen LogP) is 3.79. The van der Waals surface area contributed by atoms with Gasteiger partial charge in [-0.25, -0.2) is 14.6 Å². The Morgan fingerprint density at radius 1 is 1.16 bits per heavy atom. The van der Waals surface area contributed by atoms with Gasteiger partial charge in [-0.2, -0.15) is 0 Å². The maximum atomic E-state index is 13.0. The molecule has 0 spiro atoms. The fourth-order valence-electron chi connectivity index (χ4n) is 3.63. The summed E-state index contributed by atoms with van der Waals surface area (Å²) in [6.45, 7) is 1.58. The number of aromatic nitrogens is 1. The summed E-state index contributed by atoms with van der Waals surface area (Å²) in [5.74, 6) is -1.29. The third kappa shape index (κ3) is 4.49. The van der Waals surface area contributed by atoms with Gasteiger partial charge in [0, 0.05) is 16.8 Å². The van der Waals surface area contributed by atoms with Crippen molar-refractivity contribution in [2.24, 2.45) is 0 Å². The first-order chi connectivity index (χ1) is 15.1.